The van der Waals surface area contributed by atoms with E-state index in [1.807, 2.05) is 0 Å². The number of hydrogen-bond donors (Lipinski definition) is 1. The number of amides is 1. The molecule has 118 valence electrons. The summed E-state index contributed by atoms with van der Waals surface area (Å²) in [6.45, 7) is 2.12. The Bertz CT molecular complexity index is 569. The lowest BCUT2D eigenvalue weighted by Crippen LogP contribution is -2.20. The van der Waals surface area contributed by atoms with Gasteiger partial charge in [-0.1, -0.05) is 12.5 Å². The predicted octanol–water partition coefficient (Wildman–Crippen LogP) is 3.63. The van der Waals surface area contributed by atoms with Gasteiger partial charge in [-0.05, 0) is 62.1 Å². The molecule has 2 aliphatic rings. The van der Waals surface area contributed by atoms with Crippen LogP contribution in [0.3, 0.4) is 0 Å². The van der Waals surface area contributed by atoms with Gasteiger partial charge in [0.05, 0.1) is 12.2 Å². The standard InChI is InChI=1S/C18H23NO3/c1-2-22-18(21)14-4-3-5-16(10-14)19-17(20)11-15-9-12-6-7-13(15)8-12/h3-5,10,12-13,15H,2,6-9,11H2,1H3,(H,19,20). The molecule has 1 N–H and O–H groups in total. The molecule has 0 radical (unpaired) electrons. The number of esters is 1. The third kappa shape index (κ3) is 3.32. The molecule has 4 nitrogen and oxygen atoms in total. The molecule has 3 rings (SSSR count). The monoisotopic (exact) mass is 301 g/mol. The van der Waals surface area contributed by atoms with Crippen molar-refractivity contribution in [2.75, 3.05) is 11.9 Å². The third-order valence-electron chi connectivity index (χ3n) is 4.99. The Balaban J connectivity index is 1.57. The number of benzene rings is 1. The fourth-order valence-corrected chi connectivity index (χ4v) is 4.01. The molecule has 0 aromatic heterocycles. The third-order valence-corrected chi connectivity index (χ3v) is 4.99. The average Bonchev–Trinajstić information content (AvgIpc) is 3.10. The Morgan fingerprint density at radius 3 is 2.82 bits per heavy atom. The number of rotatable bonds is 5. The Hall–Kier alpha value is -1.84. The second-order valence-corrected chi connectivity index (χ2v) is 6.49. The van der Waals surface area contributed by atoms with Crippen molar-refractivity contribution in [1.29, 1.82) is 0 Å². The molecule has 3 unspecified atom stereocenters. The van der Waals surface area contributed by atoms with Crippen LogP contribution in [-0.2, 0) is 9.53 Å². The van der Waals surface area contributed by atoms with Crippen LogP contribution in [0.15, 0.2) is 24.3 Å². The van der Waals surface area contributed by atoms with Crippen molar-refractivity contribution in [3.05, 3.63) is 29.8 Å². The van der Waals surface area contributed by atoms with E-state index in [2.05, 4.69) is 5.32 Å². The molecule has 1 aromatic rings. The maximum absolute atomic E-state index is 12.2. The van der Waals surface area contributed by atoms with Gasteiger partial charge < -0.3 is 10.1 Å². The summed E-state index contributed by atoms with van der Waals surface area (Å²) in [6.07, 6.45) is 5.77. The largest absolute Gasteiger partial charge is 0.462 e. The van der Waals surface area contributed by atoms with E-state index in [0.717, 1.165) is 11.8 Å². The van der Waals surface area contributed by atoms with Crippen molar-refractivity contribution in [3.63, 3.8) is 0 Å². The molecule has 0 saturated heterocycles. The van der Waals surface area contributed by atoms with Gasteiger partial charge in [0.2, 0.25) is 5.91 Å². The average molecular weight is 301 g/mol. The maximum atomic E-state index is 12.2. The number of hydrogen-bond acceptors (Lipinski definition) is 3. The van der Waals surface area contributed by atoms with Crippen LogP contribution in [0.25, 0.3) is 0 Å². The van der Waals surface area contributed by atoms with E-state index in [1.54, 1.807) is 31.2 Å². The Labute approximate surface area is 131 Å². The van der Waals surface area contributed by atoms with Gasteiger partial charge in [-0.3, -0.25) is 4.79 Å². The first-order valence-corrected chi connectivity index (χ1v) is 8.22. The van der Waals surface area contributed by atoms with Crippen LogP contribution in [0.4, 0.5) is 5.69 Å². The highest BCUT2D eigenvalue weighted by Gasteiger charge is 2.40. The quantitative estimate of drug-likeness (QED) is 0.845. The van der Waals surface area contributed by atoms with Crippen molar-refractivity contribution < 1.29 is 14.3 Å². The van der Waals surface area contributed by atoms with Gasteiger partial charge >= 0.3 is 5.97 Å². The summed E-state index contributed by atoms with van der Waals surface area (Å²) in [5.74, 6) is 1.86. The maximum Gasteiger partial charge on any atom is 0.338 e. The Kier molecular flexibility index (Phi) is 4.46. The van der Waals surface area contributed by atoms with Crippen molar-refractivity contribution in [2.24, 2.45) is 17.8 Å². The van der Waals surface area contributed by atoms with Crippen LogP contribution < -0.4 is 5.32 Å². The molecule has 0 heterocycles. The number of nitrogens with one attached hydrogen (secondary N) is 1. The van der Waals surface area contributed by atoms with E-state index in [1.165, 1.54) is 25.7 Å². The summed E-state index contributed by atoms with van der Waals surface area (Å²) in [6, 6.07) is 6.95. The summed E-state index contributed by atoms with van der Waals surface area (Å²) >= 11 is 0. The summed E-state index contributed by atoms with van der Waals surface area (Å²) in [7, 11) is 0. The fraction of sp³-hybridized carbons (Fsp3) is 0.556. The van der Waals surface area contributed by atoms with E-state index in [9.17, 15) is 9.59 Å². The smallest absolute Gasteiger partial charge is 0.338 e. The lowest BCUT2D eigenvalue weighted by molar-refractivity contribution is -0.117. The second-order valence-electron chi connectivity index (χ2n) is 6.49. The van der Waals surface area contributed by atoms with Crippen molar-refractivity contribution in [1.82, 2.24) is 0 Å². The van der Waals surface area contributed by atoms with Gasteiger partial charge in [0.15, 0.2) is 0 Å². The van der Waals surface area contributed by atoms with Crippen LogP contribution in [0.2, 0.25) is 0 Å². The van der Waals surface area contributed by atoms with Gasteiger partial charge in [0, 0.05) is 12.1 Å². The number of anilines is 1. The first-order chi connectivity index (χ1) is 10.7. The van der Waals surface area contributed by atoms with Crippen LogP contribution >= 0.6 is 0 Å². The van der Waals surface area contributed by atoms with E-state index >= 15 is 0 Å². The van der Waals surface area contributed by atoms with E-state index < -0.39 is 0 Å². The SMILES string of the molecule is CCOC(=O)c1cccc(NC(=O)CC2CC3CCC2C3)c1. The van der Waals surface area contributed by atoms with Crippen LogP contribution in [0, 0.1) is 17.8 Å². The molecule has 0 aliphatic heterocycles. The highest BCUT2D eigenvalue weighted by molar-refractivity contribution is 5.94. The number of fused-ring (bicyclic) bond motifs is 2. The molecule has 2 fully saturated rings. The molecule has 0 spiro atoms. The van der Waals surface area contributed by atoms with Crippen LogP contribution in [0.1, 0.15) is 49.4 Å². The predicted molar refractivity (Wildman–Crippen MR) is 84.6 cm³/mol. The number of ether oxygens (including phenoxy) is 1. The van der Waals surface area contributed by atoms with Gasteiger partial charge in [-0.25, -0.2) is 4.79 Å². The second kappa shape index (κ2) is 6.51. The summed E-state index contributed by atoms with van der Waals surface area (Å²) < 4.78 is 4.98. The molecule has 3 atom stereocenters. The zero-order valence-corrected chi connectivity index (χ0v) is 13.0. The Morgan fingerprint density at radius 1 is 1.27 bits per heavy atom. The van der Waals surface area contributed by atoms with Crippen molar-refractivity contribution in [3.8, 4) is 0 Å². The van der Waals surface area contributed by atoms with E-state index in [0.29, 0.717) is 30.2 Å². The van der Waals surface area contributed by atoms with Crippen molar-refractivity contribution in [2.45, 2.75) is 39.0 Å². The molecular formula is C18H23NO3. The minimum absolute atomic E-state index is 0.0542. The van der Waals surface area contributed by atoms with Crippen molar-refractivity contribution >= 4 is 17.6 Å². The lowest BCUT2D eigenvalue weighted by Gasteiger charge is -2.20. The lowest BCUT2D eigenvalue weighted by atomic mass is 9.86. The first-order valence-electron chi connectivity index (χ1n) is 8.22. The first kappa shape index (κ1) is 15.1. The summed E-state index contributed by atoms with van der Waals surface area (Å²) in [5.41, 5.74) is 1.14. The summed E-state index contributed by atoms with van der Waals surface area (Å²) in [4.78, 5) is 23.9. The highest BCUT2D eigenvalue weighted by Crippen LogP contribution is 2.49. The zero-order chi connectivity index (χ0) is 15.5. The van der Waals surface area contributed by atoms with E-state index in [4.69, 9.17) is 4.74 Å². The van der Waals surface area contributed by atoms with Crippen LogP contribution in [0.5, 0.6) is 0 Å². The minimum atomic E-state index is -0.355. The molecule has 1 amide bonds. The van der Waals surface area contributed by atoms with Gasteiger partial charge in [-0.2, -0.15) is 0 Å². The van der Waals surface area contributed by atoms with Crippen LogP contribution in [-0.4, -0.2) is 18.5 Å². The molecule has 2 aliphatic carbocycles. The highest BCUT2D eigenvalue weighted by atomic mass is 16.5. The molecule has 4 heteroatoms. The van der Waals surface area contributed by atoms with E-state index in [-0.39, 0.29) is 11.9 Å². The number of carbonyl (C=O) groups excluding carboxylic acids is 2. The molecular weight excluding hydrogens is 278 g/mol. The molecule has 2 bridgehead atoms. The molecule has 2 saturated carbocycles. The number of carbonyl (C=O) groups is 2. The Morgan fingerprint density at radius 2 is 2.14 bits per heavy atom. The van der Waals surface area contributed by atoms with Gasteiger partial charge in [-0.15, -0.1) is 0 Å². The van der Waals surface area contributed by atoms with Gasteiger partial charge in [0.25, 0.3) is 0 Å². The normalized spacial score (nSPS) is 26.0. The zero-order valence-electron chi connectivity index (χ0n) is 13.0. The topological polar surface area (TPSA) is 55.4 Å². The molecule has 1 aromatic carbocycles. The fourth-order valence-electron chi connectivity index (χ4n) is 4.01. The van der Waals surface area contributed by atoms with Gasteiger partial charge in [0.1, 0.15) is 0 Å². The minimum Gasteiger partial charge on any atom is -0.462 e. The summed E-state index contributed by atoms with van der Waals surface area (Å²) in [5, 5.41) is 2.92. The molecule has 22 heavy (non-hydrogen) atoms.